The molecule has 9 heavy (non-hydrogen) atoms. The van der Waals surface area contributed by atoms with Crippen molar-refractivity contribution in [3.05, 3.63) is 12.7 Å². The quantitative estimate of drug-likeness (QED) is 0.444. The molecule has 0 amide bonds. The van der Waals surface area contributed by atoms with Crippen molar-refractivity contribution in [2.24, 2.45) is 0 Å². The van der Waals surface area contributed by atoms with E-state index in [0.29, 0.717) is 0 Å². The van der Waals surface area contributed by atoms with Gasteiger partial charge in [0.1, 0.15) is 12.2 Å². The highest BCUT2D eigenvalue weighted by atomic mass is 16.4. The molecule has 0 saturated heterocycles. The van der Waals surface area contributed by atoms with E-state index in [0.717, 1.165) is 0 Å². The molecule has 0 radical (unpaired) electrons. The summed E-state index contributed by atoms with van der Waals surface area (Å²) in [5, 5.41) is 26.3. The minimum atomic E-state index is -1.12. The van der Waals surface area contributed by atoms with Crippen LogP contribution < -0.4 is 0 Å². The van der Waals surface area contributed by atoms with Gasteiger partial charge in [-0.05, 0) is 6.92 Å². The maximum Gasteiger partial charge on any atom is 0.109 e. The van der Waals surface area contributed by atoms with Gasteiger partial charge in [-0.15, -0.1) is 6.58 Å². The van der Waals surface area contributed by atoms with Crippen LogP contribution in [0.4, 0.5) is 0 Å². The summed E-state index contributed by atoms with van der Waals surface area (Å²) in [4.78, 5) is 0. The van der Waals surface area contributed by atoms with Crippen molar-refractivity contribution < 1.29 is 15.3 Å². The fourth-order valence-electron chi connectivity index (χ4n) is 0.425. The number of hydrogen-bond donors (Lipinski definition) is 3. The number of hydrogen-bond acceptors (Lipinski definition) is 3. The molecule has 0 aliphatic rings. The third kappa shape index (κ3) is 2.60. The lowest BCUT2D eigenvalue weighted by molar-refractivity contribution is -0.0326. The summed E-state index contributed by atoms with van der Waals surface area (Å²) in [6.45, 7) is 4.64. The van der Waals surface area contributed by atoms with Crippen molar-refractivity contribution in [1.82, 2.24) is 0 Å². The first-order chi connectivity index (χ1) is 4.09. The fraction of sp³-hybridized carbons (Fsp3) is 0.667. The van der Waals surface area contributed by atoms with E-state index in [1.54, 1.807) is 0 Å². The van der Waals surface area contributed by atoms with Crippen LogP contribution in [0.2, 0.25) is 0 Å². The molecule has 0 bridgehead atoms. The second kappa shape index (κ2) is 3.61. The summed E-state index contributed by atoms with van der Waals surface area (Å²) in [5.41, 5.74) is 0. The SMILES string of the molecule is C=C[C@@H](O)[C@@H](O)[C@@H](C)O. The van der Waals surface area contributed by atoms with Crippen LogP contribution in [-0.2, 0) is 0 Å². The van der Waals surface area contributed by atoms with E-state index in [9.17, 15) is 0 Å². The van der Waals surface area contributed by atoms with Gasteiger partial charge in [-0.1, -0.05) is 6.08 Å². The van der Waals surface area contributed by atoms with Crippen LogP contribution in [-0.4, -0.2) is 33.6 Å². The minimum absolute atomic E-state index is 0.919. The van der Waals surface area contributed by atoms with Crippen molar-refractivity contribution in [3.63, 3.8) is 0 Å². The third-order valence-corrected chi connectivity index (χ3v) is 1.09. The molecular formula is C6H12O3. The van der Waals surface area contributed by atoms with Gasteiger partial charge >= 0.3 is 0 Å². The normalized spacial score (nSPS) is 20.4. The molecule has 3 heteroatoms. The molecule has 3 atom stereocenters. The zero-order chi connectivity index (χ0) is 7.44. The second-order valence-electron chi connectivity index (χ2n) is 1.96. The maximum atomic E-state index is 8.82. The Morgan fingerprint density at radius 2 is 1.78 bits per heavy atom. The lowest BCUT2D eigenvalue weighted by atomic mass is 10.1. The molecule has 3 nitrogen and oxygen atoms in total. The van der Waals surface area contributed by atoms with Crippen molar-refractivity contribution in [2.75, 3.05) is 0 Å². The van der Waals surface area contributed by atoms with Gasteiger partial charge in [-0.25, -0.2) is 0 Å². The molecule has 0 aliphatic carbocycles. The van der Waals surface area contributed by atoms with Crippen molar-refractivity contribution in [2.45, 2.75) is 25.2 Å². The zero-order valence-electron chi connectivity index (χ0n) is 5.36. The Bertz CT molecular complexity index is 90.3. The van der Waals surface area contributed by atoms with Gasteiger partial charge in [0.25, 0.3) is 0 Å². The largest absolute Gasteiger partial charge is 0.391 e. The van der Waals surface area contributed by atoms with E-state index >= 15 is 0 Å². The second-order valence-corrected chi connectivity index (χ2v) is 1.96. The average Bonchev–Trinajstić information content (AvgIpc) is 1.84. The van der Waals surface area contributed by atoms with E-state index in [1.807, 2.05) is 0 Å². The Kier molecular flexibility index (Phi) is 3.46. The summed E-state index contributed by atoms with van der Waals surface area (Å²) in [6.07, 6.45) is -1.90. The minimum Gasteiger partial charge on any atom is -0.391 e. The molecule has 0 unspecified atom stereocenters. The summed E-state index contributed by atoms with van der Waals surface area (Å²) in [7, 11) is 0. The van der Waals surface area contributed by atoms with Crippen LogP contribution in [0.15, 0.2) is 12.7 Å². The van der Waals surface area contributed by atoms with Crippen LogP contribution in [0.3, 0.4) is 0 Å². The average molecular weight is 132 g/mol. The monoisotopic (exact) mass is 132 g/mol. The van der Waals surface area contributed by atoms with Gasteiger partial charge in [0.05, 0.1) is 6.10 Å². The van der Waals surface area contributed by atoms with Gasteiger partial charge in [0, 0.05) is 0 Å². The Hall–Kier alpha value is -0.380. The first-order valence-electron chi connectivity index (χ1n) is 2.76. The predicted molar refractivity (Wildman–Crippen MR) is 33.9 cm³/mol. The van der Waals surface area contributed by atoms with Crippen LogP contribution in [0.5, 0.6) is 0 Å². The molecule has 0 aromatic carbocycles. The summed E-state index contributed by atoms with van der Waals surface area (Å²) < 4.78 is 0. The summed E-state index contributed by atoms with van der Waals surface area (Å²) >= 11 is 0. The Morgan fingerprint density at radius 3 is 1.89 bits per heavy atom. The van der Waals surface area contributed by atoms with E-state index in [4.69, 9.17) is 15.3 Å². The molecule has 0 spiro atoms. The van der Waals surface area contributed by atoms with E-state index in [-0.39, 0.29) is 0 Å². The highest BCUT2D eigenvalue weighted by Gasteiger charge is 2.17. The smallest absolute Gasteiger partial charge is 0.109 e. The predicted octanol–water partition coefficient (Wildman–Crippen LogP) is -0.725. The van der Waals surface area contributed by atoms with Gasteiger partial charge in [0.2, 0.25) is 0 Å². The fourth-order valence-corrected chi connectivity index (χ4v) is 0.425. The van der Waals surface area contributed by atoms with Gasteiger partial charge in [-0.2, -0.15) is 0 Å². The lowest BCUT2D eigenvalue weighted by Gasteiger charge is -2.16. The lowest BCUT2D eigenvalue weighted by Crippen LogP contribution is -2.33. The molecule has 0 aromatic rings. The van der Waals surface area contributed by atoms with Crippen molar-refractivity contribution in [3.8, 4) is 0 Å². The molecule has 0 saturated carbocycles. The number of aliphatic hydroxyl groups is 3. The zero-order valence-corrected chi connectivity index (χ0v) is 5.36. The molecule has 0 fully saturated rings. The van der Waals surface area contributed by atoms with Gasteiger partial charge < -0.3 is 15.3 Å². The highest BCUT2D eigenvalue weighted by Crippen LogP contribution is 1.98. The van der Waals surface area contributed by atoms with Crippen molar-refractivity contribution in [1.29, 1.82) is 0 Å². The van der Waals surface area contributed by atoms with Crippen LogP contribution in [0.25, 0.3) is 0 Å². The third-order valence-electron chi connectivity index (χ3n) is 1.09. The van der Waals surface area contributed by atoms with Gasteiger partial charge in [0.15, 0.2) is 0 Å². The molecule has 0 heterocycles. The Morgan fingerprint density at radius 1 is 1.33 bits per heavy atom. The summed E-state index contributed by atoms with van der Waals surface area (Å²) in [5.74, 6) is 0. The Balaban J connectivity index is 3.71. The number of rotatable bonds is 3. The van der Waals surface area contributed by atoms with E-state index in [1.165, 1.54) is 13.0 Å². The van der Waals surface area contributed by atoms with Crippen molar-refractivity contribution >= 4 is 0 Å². The van der Waals surface area contributed by atoms with Crippen LogP contribution in [0.1, 0.15) is 6.92 Å². The first-order valence-corrected chi connectivity index (χ1v) is 2.76. The molecule has 0 rings (SSSR count). The topological polar surface area (TPSA) is 60.7 Å². The molecule has 54 valence electrons. The molecule has 0 aromatic heterocycles. The van der Waals surface area contributed by atoms with Crippen LogP contribution >= 0.6 is 0 Å². The number of aliphatic hydroxyl groups excluding tert-OH is 3. The maximum absolute atomic E-state index is 8.82. The van der Waals surface area contributed by atoms with E-state index < -0.39 is 18.3 Å². The van der Waals surface area contributed by atoms with Gasteiger partial charge in [-0.3, -0.25) is 0 Å². The summed E-state index contributed by atoms with van der Waals surface area (Å²) in [6, 6.07) is 0. The standard InChI is InChI=1S/C6H12O3/c1-3-5(8)6(9)4(2)7/h3-9H,1H2,2H3/t4-,5-,6+/m1/s1. The first kappa shape index (κ1) is 8.62. The Labute approximate surface area is 54.3 Å². The van der Waals surface area contributed by atoms with E-state index in [2.05, 4.69) is 6.58 Å². The highest BCUT2D eigenvalue weighted by molar-refractivity contribution is 4.86. The molecule has 0 aliphatic heterocycles. The van der Waals surface area contributed by atoms with Crippen LogP contribution in [0, 0.1) is 0 Å². The molecule has 3 N–H and O–H groups in total. The molecular weight excluding hydrogens is 120 g/mol.